The van der Waals surface area contributed by atoms with Gasteiger partial charge in [0.15, 0.2) is 0 Å². The summed E-state index contributed by atoms with van der Waals surface area (Å²) in [7, 11) is 0. The molecule has 1 saturated heterocycles. The highest BCUT2D eigenvalue weighted by Gasteiger charge is 2.50. The van der Waals surface area contributed by atoms with Gasteiger partial charge in [-0.3, -0.25) is 5.32 Å². The van der Waals surface area contributed by atoms with Crippen molar-refractivity contribution in [1.29, 1.82) is 0 Å². The van der Waals surface area contributed by atoms with Crippen molar-refractivity contribution in [1.82, 2.24) is 5.32 Å². The van der Waals surface area contributed by atoms with Crippen LogP contribution in [0.5, 0.6) is 0 Å². The highest BCUT2D eigenvalue weighted by Crippen LogP contribution is 2.25. The van der Waals surface area contributed by atoms with Gasteiger partial charge in [-0.25, -0.2) is 0 Å². The molecule has 0 aromatic rings. The molecule has 1 heterocycles. The van der Waals surface area contributed by atoms with Gasteiger partial charge >= 0.3 is 0 Å². The fraction of sp³-hybridized carbons (Fsp3) is 1.00. The van der Waals surface area contributed by atoms with Crippen LogP contribution in [0.1, 0.15) is 34.1 Å². The summed E-state index contributed by atoms with van der Waals surface area (Å²) in [6.45, 7) is 8.61. The molecular weight excluding hydrogens is 180 g/mol. The fourth-order valence-corrected chi connectivity index (χ4v) is 2.48. The minimum Gasteiger partial charge on any atom is -0.396 e. The van der Waals surface area contributed by atoms with Crippen LogP contribution in [-0.2, 0) is 0 Å². The molecule has 1 aliphatic rings. The first-order chi connectivity index (χ1) is 6.28. The molecule has 1 unspecified atom stereocenters. The summed E-state index contributed by atoms with van der Waals surface area (Å²) in [6.07, 6.45) is 0.527. The van der Waals surface area contributed by atoms with Crippen LogP contribution in [0.2, 0.25) is 0 Å². The van der Waals surface area contributed by atoms with Crippen molar-refractivity contribution >= 4 is 0 Å². The summed E-state index contributed by atoms with van der Waals surface area (Å²) in [4.78, 5) is 11.8. The van der Waals surface area contributed by atoms with Gasteiger partial charge in [0.2, 0.25) is 12.6 Å². The molecule has 0 saturated carbocycles. The van der Waals surface area contributed by atoms with E-state index < -0.39 is 0 Å². The normalized spacial score (nSPS) is 30.4. The van der Waals surface area contributed by atoms with Gasteiger partial charge in [0.25, 0.3) is 0 Å². The van der Waals surface area contributed by atoms with E-state index in [-0.39, 0.29) is 23.7 Å². The van der Waals surface area contributed by atoms with Gasteiger partial charge in [0.05, 0.1) is 11.1 Å². The number of nitrogens with zero attached hydrogens (tertiary/aromatic N) is 1. The molecule has 1 rings (SSSR count). The average Bonchev–Trinajstić information content (AvgIpc) is 1.93. The van der Waals surface area contributed by atoms with Crippen molar-refractivity contribution in [3.8, 4) is 0 Å². The lowest BCUT2D eigenvalue weighted by atomic mass is 9.84. The van der Waals surface area contributed by atoms with E-state index in [0.29, 0.717) is 13.0 Å². The molecule has 0 amide bonds. The van der Waals surface area contributed by atoms with Crippen LogP contribution in [0.15, 0.2) is 0 Å². The molecule has 14 heavy (non-hydrogen) atoms. The maximum atomic E-state index is 11.8. The number of rotatable bonds is 2. The SMILES string of the molecule is CC1(C)C[N+](=O)C(CCO)C(C)(C)N1. The molecule has 2 N–H and O–H groups in total. The van der Waals surface area contributed by atoms with Gasteiger partial charge in [-0.15, -0.1) is 0 Å². The molecule has 0 radical (unpaired) electrons. The van der Waals surface area contributed by atoms with Crippen LogP contribution in [-0.4, -0.2) is 40.1 Å². The van der Waals surface area contributed by atoms with E-state index in [1.807, 2.05) is 27.7 Å². The molecule has 1 fully saturated rings. The predicted molar refractivity (Wildman–Crippen MR) is 55.3 cm³/mol. The van der Waals surface area contributed by atoms with Crippen molar-refractivity contribution in [3.63, 3.8) is 0 Å². The first kappa shape index (κ1) is 11.6. The maximum absolute atomic E-state index is 11.8. The average molecular weight is 201 g/mol. The Hall–Kier alpha value is -0.480. The molecule has 0 aliphatic carbocycles. The van der Waals surface area contributed by atoms with Gasteiger partial charge < -0.3 is 5.11 Å². The second-order valence-corrected chi connectivity index (χ2v) is 5.33. The molecule has 1 aliphatic heterocycles. The molecule has 4 nitrogen and oxygen atoms in total. The number of aliphatic hydroxyl groups excluding tert-OH is 1. The predicted octanol–water partition coefficient (Wildman–Crippen LogP) is 0.677. The van der Waals surface area contributed by atoms with Crippen molar-refractivity contribution in [2.24, 2.45) is 0 Å². The largest absolute Gasteiger partial charge is 0.396 e. The molecule has 0 aromatic carbocycles. The highest BCUT2D eigenvalue weighted by atomic mass is 16.3. The summed E-state index contributed by atoms with van der Waals surface area (Å²) >= 11 is 0. The van der Waals surface area contributed by atoms with Crippen LogP contribution in [0.25, 0.3) is 0 Å². The van der Waals surface area contributed by atoms with Crippen LogP contribution >= 0.6 is 0 Å². The molecule has 1 atom stereocenters. The first-order valence-corrected chi connectivity index (χ1v) is 5.12. The van der Waals surface area contributed by atoms with Gasteiger partial charge in [0.1, 0.15) is 0 Å². The van der Waals surface area contributed by atoms with Gasteiger partial charge in [-0.2, -0.15) is 0 Å². The molecule has 0 aromatic heterocycles. The third kappa shape index (κ3) is 2.30. The zero-order chi connectivity index (χ0) is 11.0. The van der Waals surface area contributed by atoms with E-state index in [0.717, 1.165) is 4.76 Å². The van der Waals surface area contributed by atoms with Crippen molar-refractivity contribution < 1.29 is 9.87 Å². The quantitative estimate of drug-likeness (QED) is 0.646. The van der Waals surface area contributed by atoms with Crippen LogP contribution in [0, 0.1) is 4.91 Å². The highest BCUT2D eigenvalue weighted by molar-refractivity contribution is 4.96. The van der Waals surface area contributed by atoms with Gasteiger partial charge in [-0.05, 0) is 27.7 Å². The van der Waals surface area contributed by atoms with Crippen LogP contribution in [0.4, 0.5) is 0 Å². The minimum absolute atomic E-state index is 0.0644. The molecule has 82 valence electrons. The lowest BCUT2D eigenvalue weighted by Gasteiger charge is -2.41. The Morgan fingerprint density at radius 1 is 1.43 bits per heavy atom. The standard InChI is InChI=1S/C10H21N2O2/c1-9(2)7-12(14)8(5-6-13)10(3,4)11-9/h8,11,13H,5-7H2,1-4H3/q+1. The molecule has 0 bridgehead atoms. The Morgan fingerprint density at radius 3 is 2.43 bits per heavy atom. The van der Waals surface area contributed by atoms with Crippen LogP contribution < -0.4 is 5.32 Å². The van der Waals surface area contributed by atoms with E-state index >= 15 is 0 Å². The molecule has 0 spiro atoms. The number of piperazine rings is 1. The lowest BCUT2D eigenvalue weighted by Crippen LogP contribution is -2.68. The second kappa shape index (κ2) is 3.59. The van der Waals surface area contributed by atoms with E-state index in [1.54, 1.807) is 0 Å². The van der Waals surface area contributed by atoms with Crippen molar-refractivity contribution in [3.05, 3.63) is 4.91 Å². The minimum atomic E-state index is -0.244. The zero-order valence-electron chi connectivity index (χ0n) is 9.50. The Balaban J connectivity index is 2.83. The first-order valence-electron chi connectivity index (χ1n) is 5.12. The summed E-state index contributed by atoms with van der Waals surface area (Å²) in [5.74, 6) is 0. The van der Waals surface area contributed by atoms with Gasteiger partial charge in [0, 0.05) is 22.7 Å². The summed E-state index contributed by atoms with van der Waals surface area (Å²) < 4.78 is 1.10. The monoisotopic (exact) mass is 201 g/mol. The summed E-state index contributed by atoms with van der Waals surface area (Å²) in [5.41, 5.74) is -0.399. The fourth-order valence-electron chi connectivity index (χ4n) is 2.48. The Morgan fingerprint density at radius 2 is 2.00 bits per heavy atom. The summed E-state index contributed by atoms with van der Waals surface area (Å²) in [5, 5.41) is 12.3. The molecule has 4 heteroatoms. The number of aliphatic hydroxyl groups is 1. The van der Waals surface area contributed by atoms with Crippen LogP contribution in [0.3, 0.4) is 0 Å². The van der Waals surface area contributed by atoms with E-state index in [2.05, 4.69) is 5.32 Å². The second-order valence-electron chi connectivity index (χ2n) is 5.33. The van der Waals surface area contributed by atoms with E-state index in [4.69, 9.17) is 5.11 Å². The molecular formula is C10H21N2O2+. The van der Waals surface area contributed by atoms with Crippen molar-refractivity contribution in [2.75, 3.05) is 13.2 Å². The Bertz CT molecular complexity index is 236. The third-order valence-electron chi connectivity index (χ3n) is 2.79. The Kier molecular flexibility index (Phi) is 2.97. The number of hydrogen-bond donors (Lipinski definition) is 2. The smallest absolute Gasteiger partial charge is 0.220 e. The maximum Gasteiger partial charge on any atom is 0.220 e. The number of hydrogen-bond acceptors (Lipinski definition) is 3. The van der Waals surface area contributed by atoms with Crippen molar-refractivity contribution in [2.45, 2.75) is 51.2 Å². The summed E-state index contributed by atoms with van der Waals surface area (Å²) in [6, 6.07) is -0.138. The Labute approximate surface area is 85.3 Å². The topological polar surface area (TPSA) is 52.3 Å². The lowest BCUT2D eigenvalue weighted by molar-refractivity contribution is -0.616. The number of nitroso groups, excluding NO2 is 1. The third-order valence-corrected chi connectivity index (χ3v) is 2.79. The van der Waals surface area contributed by atoms with Gasteiger partial charge in [-0.1, -0.05) is 0 Å². The number of nitrogens with one attached hydrogen (secondary N) is 1. The van der Waals surface area contributed by atoms with E-state index in [1.165, 1.54) is 0 Å². The van der Waals surface area contributed by atoms with E-state index in [9.17, 15) is 4.91 Å². The zero-order valence-corrected chi connectivity index (χ0v) is 9.50.